The number of aromatic nitrogens is 1. The monoisotopic (exact) mass is 292 g/mol. The van der Waals surface area contributed by atoms with Crippen LogP contribution in [-0.4, -0.2) is 18.9 Å². The number of fused-ring (bicyclic) bond motifs is 1. The summed E-state index contributed by atoms with van der Waals surface area (Å²) in [6.45, 7) is 0.841. The van der Waals surface area contributed by atoms with Gasteiger partial charge in [0.2, 0.25) is 12.7 Å². The zero-order chi connectivity index (χ0) is 13.9. The summed E-state index contributed by atoms with van der Waals surface area (Å²) in [5.41, 5.74) is 1.83. The molecule has 2 aromatic rings. The first-order valence-corrected chi connectivity index (χ1v) is 6.46. The Morgan fingerprint density at radius 3 is 2.80 bits per heavy atom. The molecule has 0 unspecified atom stereocenters. The van der Waals surface area contributed by atoms with Crippen LogP contribution in [0.2, 0.25) is 5.02 Å². The number of pyridine rings is 1. The van der Waals surface area contributed by atoms with E-state index < -0.39 is 0 Å². The van der Waals surface area contributed by atoms with Crippen LogP contribution in [0, 0.1) is 0 Å². The van der Waals surface area contributed by atoms with E-state index in [9.17, 15) is 0 Å². The van der Waals surface area contributed by atoms with Crippen molar-refractivity contribution in [3.05, 3.63) is 41.0 Å². The molecule has 1 aromatic heterocycles. The van der Waals surface area contributed by atoms with Crippen LogP contribution < -0.4 is 19.5 Å². The maximum atomic E-state index is 6.19. The highest BCUT2D eigenvalue weighted by molar-refractivity contribution is 6.33. The van der Waals surface area contributed by atoms with E-state index in [4.69, 9.17) is 25.8 Å². The van der Waals surface area contributed by atoms with Crippen molar-refractivity contribution in [2.45, 2.75) is 6.54 Å². The fourth-order valence-electron chi connectivity index (χ4n) is 1.89. The predicted octanol–water partition coefficient (Wildman–Crippen LogP) is 3.08. The van der Waals surface area contributed by atoms with Gasteiger partial charge in [0, 0.05) is 30.9 Å². The Kier molecular flexibility index (Phi) is 3.52. The Labute approximate surface area is 121 Å². The lowest BCUT2D eigenvalue weighted by molar-refractivity contribution is 0.174. The summed E-state index contributed by atoms with van der Waals surface area (Å²) in [7, 11) is 1.59. The van der Waals surface area contributed by atoms with E-state index in [-0.39, 0.29) is 6.79 Å². The van der Waals surface area contributed by atoms with Crippen molar-refractivity contribution < 1.29 is 14.2 Å². The molecule has 0 bridgehead atoms. The number of hydrogen-bond acceptors (Lipinski definition) is 5. The summed E-state index contributed by atoms with van der Waals surface area (Å²) < 4.78 is 15.6. The fraction of sp³-hybridized carbons (Fsp3) is 0.214. The number of methoxy groups -OCH3 is 1. The number of benzene rings is 1. The van der Waals surface area contributed by atoms with Crippen LogP contribution in [0.4, 0.5) is 5.69 Å². The van der Waals surface area contributed by atoms with Crippen LogP contribution >= 0.6 is 11.6 Å². The summed E-state index contributed by atoms with van der Waals surface area (Å²) in [5.74, 6) is 1.96. The van der Waals surface area contributed by atoms with Crippen molar-refractivity contribution in [1.29, 1.82) is 0 Å². The molecule has 0 saturated carbocycles. The number of rotatable bonds is 4. The molecule has 1 N–H and O–H groups in total. The van der Waals surface area contributed by atoms with Gasteiger partial charge in [0.1, 0.15) is 0 Å². The molecule has 20 heavy (non-hydrogen) atoms. The van der Waals surface area contributed by atoms with Crippen LogP contribution in [0.15, 0.2) is 30.5 Å². The van der Waals surface area contributed by atoms with Gasteiger partial charge in [0.05, 0.1) is 17.8 Å². The standard InChI is InChI=1S/C14H13ClN2O3/c1-18-14-3-2-9(7-17-14)6-16-11-5-13-12(4-10(11)15)19-8-20-13/h2-5,7,16H,6,8H2,1H3. The van der Waals surface area contributed by atoms with E-state index in [1.54, 1.807) is 19.4 Å². The smallest absolute Gasteiger partial charge is 0.231 e. The fourth-order valence-corrected chi connectivity index (χ4v) is 2.11. The minimum absolute atomic E-state index is 0.234. The van der Waals surface area contributed by atoms with Crippen LogP contribution in [0.25, 0.3) is 0 Å². The summed E-state index contributed by atoms with van der Waals surface area (Å²) in [5, 5.41) is 3.84. The Morgan fingerprint density at radius 1 is 1.30 bits per heavy atom. The minimum atomic E-state index is 0.234. The Bertz CT molecular complexity index is 617. The summed E-state index contributed by atoms with van der Waals surface area (Å²) >= 11 is 6.19. The molecule has 104 valence electrons. The molecule has 1 aromatic carbocycles. The highest BCUT2D eigenvalue weighted by Crippen LogP contribution is 2.39. The first-order valence-electron chi connectivity index (χ1n) is 6.08. The molecule has 0 fully saturated rings. The van der Waals surface area contributed by atoms with Gasteiger partial charge in [-0.2, -0.15) is 0 Å². The molecule has 0 radical (unpaired) electrons. The molecular weight excluding hydrogens is 280 g/mol. The van der Waals surface area contributed by atoms with E-state index in [0.717, 1.165) is 11.3 Å². The van der Waals surface area contributed by atoms with Gasteiger partial charge in [-0.1, -0.05) is 17.7 Å². The highest BCUT2D eigenvalue weighted by Gasteiger charge is 2.16. The van der Waals surface area contributed by atoms with Crippen LogP contribution in [-0.2, 0) is 6.54 Å². The predicted molar refractivity (Wildman–Crippen MR) is 75.7 cm³/mol. The van der Waals surface area contributed by atoms with E-state index in [1.165, 1.54) is 0 Å². The number of anilines is 1. The largest absolute Gasteiger partial charge is 0.481 e. The zero-order valence-electron chi connectivity index (χ0n) is 10.9. The maximum absolute atomic E-state index is 6.19. The van der Waals surface area contributed by atoms with Crippen molar-refractivity contribution in [3.63, 3.8) is 0 Å². The van der Waals surface area contributed by atoms with Gasteiger partial charge in [-0.3, -0.25) is 0 Å². The highest BCUT2D eigenvalue weighted by atomic mass is 35.5. The van der Waals surface area contributed by atoms with Crippen LogP contribution in [0.3, 0.4) is 0 Å². The number of halogens is 1. The summed E-state index contributed by atoms with van der Waals surface area (Å²) in [4.78, 5) is 4.15. The van der Waals surface area contributed by atoms with E-state index in [1.807, 2.05) is 18.2 Å². The first kappa shape index (κ1) is 12.9. The number of nitrogens with one attached hydrogen (secondary N) is 1. The van der Waals surface area contributed by atoms with Crippen molar-refractivity contribution in [2.24, 2.45) is 0 Å². The molecule has 0 saturated heterocycles. The van der Waals surface area contributed by atoms with Crippen molar-refractivity contribution >= 4 is 17.3 Å². The second kappa shape index (κ2) is 5.46. The minimum Gasteiger partial charge on any atom is -0.481 e. The molecule has 6 heteroatoms. The molecule has 1 aliphatic rings. The van der Waals surface area contributed by atoms with Gasteiger partial charge in [-0.05, 0) is 5.56 Å². The molecule has 1 aliphatic heterocycles. The third kappa shape index (κ3) is 2.58. The third-order valence-electron chi connectivity index (χ3n) is 2.95. The van der Waals surface area contributed by atoms with Crippen LogP contribution in [0.5, 0.6) is 17.4 Å². The first-order chi connectivity index (χ1) is 9.76. The van der Waals surface area contributed by atoms with E-state index in [2.05, 4.69) is 10.3 Å². The lowest BCUT2D eigenvalue weighted by atomic mass is 10.2. The van der Waals surface area contributed by atoms with Crippen molar-refractivity contribution in [1.82, 2.24) is 4.98 Å². The molecular formula is C14H13ClN2O3. The van der Waals surface area contributed by atoms with Crippen molar-refractivity contribution in [3.8, 4) is 17.4 Å². The lowest BCUT2D eigenvalue weighted by Crippen LogP contribution is -2.01. The molecule has 0 spiro atoms. The van der Waals surface area contributed by atoms with Gasteiger partial charge in [0.25, 0.3) is 0 Å². The van der Waals surface area contributed by atoms with E-state index >= 15 is 0 Å². The number of ether oxygens (including phenoxy) is 3. The molecule has 0 atom stereocenters. The van der Waals surface area contributed by atoms with Gasteiger partial charge in [-0.25, -0.2) is 4.98 Å². The number of nitrogens with zero attached hydrogens (tertiary/aromatic N) is 1. The van der Waals surface area contributed by atoms with E-state index in [0.29, 0.717) is 28.9 Å². The molecule has 5 nitrogen and oxygen atoms in total. The number of hydrogen-bond donors (Lipinski definition) is 1. The maximum Gasteiger partial charge on any atom is 0.231 e. The Morgan fingerprint density at radius 2 is 2.10 bits per heavy atom. The normalized spacial score (nSPS) is 12.3. The third-order valence-corrected chi connectivity index (χ3v) is 3.26. The van der Waals surface area contributed by atoms with Crippen molar-refractivity contribution in [2.75, 3.05) is 19.2 Å². The summed E-state index contributed by atoms with van der Waals surface area (Å²) in [6, 6.07) is 7.35. The second-order valence-electron chi connectivity index (χ2n) is 4.25. The second-order valence-corrected chi connectivity index (χ2v) is 4.65. The Hall–Kier alpha value is -2.14. The van der Waals surface area contributed by atoms with Gasteiger partial charge >= 0.3 is 0 Å². The average molecular weight is 293 g/mol. The average Bonchev–Trinajstić information content (AvgIpc) is 2.92. The zero-order valence-corrected chi connectivity index (χ0v) is 11.6. The van der Waals surface area contributed by atoms with Crippen LogP contribution in [0.1, 0.15) is 5.56 Å². The lowest BCUT2D eigenvalue weighted by Gasteiger charge is -2.09. The molecule has 3 rings (SSSR count). The molecule has 0 aliphatic carbocycles. The Balaban J connectivity index is 1.71. The summed E-state index contributed by atoms with van der Waals surface area (Å²) in [6.07, 6.45) is 1.76. The van der Waals surface area contributed by atoms with Gasteiger partial charge < -0.3 is 19.5 Å². The van der Waals surface area contributed by atoms with Gasteiger partial charge in [-0.15, -0.1) is 0 Å². The molecule has 0 amide bonds. The SMILES string of the molecule is COc1ccc(CNc2cc3c(cc2Cl)OCO3)cn1. The molecule has 2 heterocycles. The topological polar surface area (TPSA) is 52.6 Å². The quantitative estimate of drug-likeness (QED) is 0.938. The van der Waals surface area contributed by atoms with Gasteiger partial charge in [0.15, 0.2) is 11.5 Å².